The second-order valence-corrected chi connectivity index (χ2v) is 10.5. The molecule has 3 heterocycles. The average Bonchev–Trinajstić information content (AvgIpc) is 3.65. The van der Waals surface area contributed by atoms with Gasteiger partial charge in [0.2, 0.25) is 0 Å². The van der Waals surface area contributed by atoms with Gasteiger partial charge in [-0.05, 0) is 59.1 Å². The Morgan fingerprint density at radius 3 is 2.30 bits per heavy atom. The zero-order valence-corrected chi connectivity index (χ0v) is 22.2. The molecule has 208 valence electrons. The third kappa shape index (κ3) is 5.21. The van der Waals surface area contributed by atoms with Crippen LogP contribution in [0.5, 0.6) is 5.75 Å². The van der Waals surface area contributed by atoms with Gasteiger partial charge in [0.25, 0.3) is 5.82 Å². The van der Waals surface area contributed by atoms with Gasteiger partial charge < -0.3 is 4.74 Å². The molecule has 4 aromatic rings. The number of fused-ring (bicyclic) bond motifs is 1. The second kappa shape index (κ2) is 11.0. The highest BCUT2D eigenvalue weighted by Gasteiger charge is 2.42. The Morgan fingerprint density at radius 2 is 1.65 bits per heavy atom. The monoisotopic (exact) mass is 548 g/mol. The lowest BCUT2D eigenvalue weighted by molar-refractivity contribution is -0.146. The van der Waals surface area contributed by atoms with Gasteiger partial charge >= 0.3 is 6.18 Å². The summed E-state index contributed by atoms with van der Waals surface area (Å²) >= 11 is 0. The quantitative estimate of drug-likeness (QED) is 0.318. The van der Waals surface area contributed by atoms with E-state index in [0.717, 1.165) is 42.7 Å². The van der Waals surface area contributed by atoms with Crippen LogP contribution in [0.1, 0.15) is 41.3 Å². The van der Waals surface area contributed by atoms with E-state index in [1.807, 2.05) is 12.1 Å². The Bertz CT molecular complexity index is 1390. The van der Waals surface area contributed by atoms with E-state index in [9.17, 15) is 13.2 Å². The molecule has 0 radical (unpaired) electrons. The summed E-state index contributed by atoms with van der Waals surface area (Å²) in [5, 5.41) is 10.1. The normalized spacial score (nSPS) is 20.1. The maximum absolute atomic E-state index is 13.5. The molecule has 6 rings (SSSR count). The van der Waals surface area contributed by atoms with Crippen molar-refractivity contribution in [3.05, 3.63) is 101 Å². The molecule has 1 aromatic heterocycles. The van der Waals surface area contributed by atoms with Gasteiger partial charge in [-0.3, -0.25) is 9.80 Å². The smallest absolute Gasteiger partial charge is 0.453 e. The first-order valence-electron chi connectivity index (χ1n) is 13.5. The largest absolute Gasteiger partial charge is 0.496 e. The second-order valence-electron chi connectivity index (χ2n) is 10.5. The van der Waals surface area contributed by atoms with Crippen LogP contribution in [0.4, 0.5) is 13.2 Å². The molecule has 0 bridgehead atoms. The van der Waals surface area contributed by atoms with E-state index < -0.39 is 12.0 Å². The van der Waals surface area contributed by atoms with Gasteiger partial charge in [0.05, 0.1) is 12.8 Å². The van der Waals surface area contributed by atoms with E-state index in [1.165, 1.54) is 11.1 Å². The van der Waals surface area contributed by atoms with Crippen molar-refractivity contribution in [3.63, 3.8) is 0 Å². The number of piperazine rings is 1. The number of rotatable bonds is 7. The van der Waals surface area contributed by atoms with Crippen molar-refractivity contribution in [2.24, 2.45) is 0 Å². The van der Waals surface area contributed by atoms with Gasteiger partial charge in [-0.25, -0.2) is 0 Å². The van der Waals surface area contributed by atoms with Crippen LogP contribution < -0.4 is 4.74 Å². The van der Waals surface area contributed by atoms with E-state index in [2.05, 4.69) is 73.9 Å². The lowest BCUT2D eigenvalue weighted by Crippen LogP contribution is -2.57. The Balaban J connectivity index is 1.34. The summed E-state index contributed by atoms with van der Waals surface area (Å²) in [4.78, 5) is 5.09. The SMILES string of the molecule is COc1ccc(-n2nnnc2C(F)(F)F)cc1CN1CC2CCCN2C(C(c2ccccc2)c2ccccc2)C1. The van der Waals surface area contributed by atoms with Crippen molar-refractivity contribution in [2.45, 2.75) is 43.6 Å². The number of hydrogen-bond acceptors (Lipinski definition) is 6. The van der Waals surface area contributed by atoms with E-state index in [1.54, 1.807) is 25.3 Å². The zero-order valence-electron chi connectivity index (χ0n) is 22.2. The molecule has 3 aromatic carbocycles. The summed E-state index contributed by atoms with van der Waals surface area (Å²) in [5.74, 6) is -0.343. The highest BCUT2D eigenvalue weighted by molar-refractivity contribution is 5.44. The predicted octanol–water partition coefficient (Wildman–Crippen LogP) is 5.17. The summed E-state index contributed by atoms with van der Waals surface area (Å²) in [6, 6.07) is 26.9. The molecule has 0 N–H and O–H groups in total. The Kier molecular flexibility index (Phi) is 7.29. The number of nitrogens with zero attached hydrogens (tertiary/aromatic N) is 6. The first kappa shape index (κ1) is 26.5. The molecule has 0 aliphatic carbocycles. The molecule has 10 heteroatoms. The molecule has 0 saturated carbocycles. The number of alkyl halides is 3. The van der Waals surface area contributed by atoms with Crippen LogP contribution in [0.15, 0.2) is 78.9 Å². The van der Waals surface area contributed by atoms with Gasteiger partial charge in [0.1, 0.15) is 5.75 Å². The van der Waals surface area contributed by atoms with Gasteiger partial charge in [0.15, 0.2) is 0 Å². The Labute approximate surface area is 231 Å². The molecule has 0 spiro atoms. The van der Waals surface area contributed by atoms with Crippen LogP contribution in [0.3, 0.4) is 0 Å². The number of methoxy groups -OCH3 is 1. The summed E-state index contributed by atoms with van der Waals surface area (Å²) in [5.41, 5.74) is 3.61. The number of aromatic nitrogens is 4. The number of ether oxygens (including phenoxy) is 1. The fourth-order valence-corrected chi connectivity index (χ4v) is 6.42. The highest BCUT2D eigenvalue weighted by atomic mass is 19.4. The van der Waals surface area contributed by atoms with E-state index in [4.69, 9.17) is 4.74 Å². The lowest BCUT2D eigenvalue weighted by atomic mass is 9.82. The molecule has 40 heavy (non-hydrogen) atoms. The standard InChI is InChI=1S/C30H31F3N6O/c1-40-27-15-14-24(39-29(30(31,32)33)34-35-36-39)17-23(27)18-37-19-25-13-8-16-38(25)26(20-37)28(21-9-4-2-5-10-21)22-11-6-3-7-12-22/h2-7,9-12,14-15,17,25-26,28H,8,13,16,18-20H2,1H3. The zero-order chi connectivity index (χ0) is 27.7. The van der Waals surface area contributed by atoms with Crippen molar-refractivity contribution in [1.29, 1.82) is 0 Å². The van der Waals surface area contributed by atoms with Crippen LogP contribution in [-0.2, 0) is 12.7 Å². The summed E-state index contributed by atoms with van der Waals surface area (Å²) in [7, 11) is 1.58. The highest BCUT2D eigenvalue weighted by Crippen LogP contribution is 2.38. The average molecular weight is 549 g/mol. The molecule has 2 fully saturated rings. The van der Waals surface area contributed by atoms with E-state index in [0.29, 0.717) is 18.3 Å². The van der Waals surface area contributed by atoms with Crippen molar-refractivity contribution in [2.75, 3.05) is 26.7 Å². The number of tetrazole rings is 1. The van der Waals surface area contributed by atoms with Gasteiger partial charge in [-0.2, -0.15) is 17.9 Å². The third-order valence-corrected chi connectivity index (χ3v) is 8.09. The number of hydrogen-bond donors (Lipinski definition) is 0. The minimum atomic E-state index is -4.67. The maximum Gasteiger partial charge on any atom is 0.453 e. The fraction of sp³-hybridized carbons (Fsp3) is 0.367. The van der Waals surface area contributed by atoms with Crippen molar-refractivity contribution < 1.29 is 17.9 Å². The Hall–Kier alpha value is -3.76. The summed E-state index contributed by atoms with van der Waals surface area (Å²) in [6.07, 6.45) is -2.39. The minimum Gasteiger partial charge on any atom is -0.496 e. The van der Waals surface area contributed by atoms with E-state index >= 15 is 0 Å². The lowest BCUT2D eigenvalue weighted by Gasteiger charge is -2.47. The molecule has 2 aliphatic rings. The Morgan fingerprint density at radius 1 is 0.950 bits per heavy atom. The molecular formula is C30H31F3N6O. The van der Waals surface area contributed by atoms with E-state index in [-0.39, 0.29) is 17.6 Å². The predicted molar refractivity (Wildman–Crippen MR) is 144 cm³/mol. The topological polar surface area (TPSA) is 59.3 Å². The molecule has 2 unspecified atom stereocenters. The molecule has 7 nitrogen and oxygen atoms in total. The maximum atomic E-state index is 13.5. The van der Waals surface area contributed by atoms with Gasteiger partial charge in [0, 0.05) is 43.2 Å². The fourth-order valence-electron chi connectivity index (χ4n) is 6.42. The van der Waals surface area contributed by atoms with Crippen molar-refractivity contribution in [1.82, 2.24) is 30.0 Å². The number of halogens is 3. The molecule has 2 saturated heterocycles. The van der Waals surface area contributed by atoms with Crippen molar-refractivity contribution >= 4 is 0 Å². The molecule has 2 atom stereocenters. The summed E-state index contributed by atoms with van der Waals surface area (Å²) < 4.78 is 46.9. The van der Waals surface area contributed by atoms with Crippen LogP contribution in [-0.4, -0.2) is 68.8 Å². The molecule has 0 amide bonds. The minimum absolute atomic E-state index is 0.189. The third-order valence-electron chi connectivity index (χ3n) is 8.09. The first-order chi connectivity index (χ1) is 19.4. The van der Waals surface area contributed by atoms with Crippen LogP contribution in [0.25, 0.3) is 5.69 Å². The molecular weight excluding hydrogens is 517 g/mol. The molecule has 2 aliphatic heterocycles. The van der Waals surface area contributed by atoms with Gasteiger partial charge in [-0.15, -0.1) is 5.10 Å². The number of benzene rings is 3. The first-order valence-corrected chi connectivity index (χ1v) is 13.5. The van der Waals surface area contributed by atoms with Crippen LogP contribution in [0, 0.1) is 0 Å². The van der Waals surface area contributed by atoms with Crippen LogP contribution in [0.2, 0.25) is 0 Å². The van der Waals surface area contributed by atoms with Crippen molar-refractivity contribution in [3.8, 4) is 11.4 Å². The van der Waals surface area contributed by atoms with Gasteiger partial charge in [-0.1, -0.05) is 60.7 Å². The summed E-state index contributed by atoms with van der Waals surface area (Å²) in [6.45, 7) is 3.31. The van der Waals surface area contributed by atoms with Crippen LogP contribution >= 0.6 is 0 Å².